The Labute approximate surface area is 56.8 Å². The van der Waals surface area contributed by atoms with Gasteiger partial charge in [0.05, 0.1) is 6.61 Å². The first-order valence-corrected chi connectivity index (χ1v) is 3.06. The molecule has 0 spiro atoms. The van der Waals surface area contributed by atoms with Gasteiger partial charge in [-0.3, -0.25) is 0 Å². The average Bonchev–Trinajstić information content (AvgIpc) is 1.63. The molecule has 56 valence electrons. The van der Waals surface area contributed by atoms with Gasteiger partial charge in [-0.25, -0.2) is 0 Å². The molecule has 0 saturated carbocycles. The third-order valence-corrected chi connectivity index (χ3v) is 0.980. The molecule has 0 rings (SSSR count). The molecule has 0 saturated heterocycles. The molecule has 0 aromatic rings. The van der Waals surface area contributed by atoms with Crippen molar-refractivity contribution >= 4 is 0 Å². The van der Waals surface area contributed by atoms with Crippen LogP contribution in [0.4, 0.5) is 0 Å². The molecule has 2 N–H and O–H groups in total. The van der Waals surface area contributed by atoms with Gasteiger partial charge >= 0.3 is 0 Å². The van der Waals surface area contributed by atoms with Gasteiger partial charge in [-0.05, 0) is 14.1 Å². The van der Waals surface area contributed by atoms with E-state index in [0.717, 1.165) is 6.54 Å². The highest BCUT2D eigenvalue weighted by molar-refractivity contribution is 4.61. The fraction of sp³-hybridized carbons (Fsp3) is 1.00. The summed E-state index contributed by atoms with van der Waals surface area (Å²) >= 11 is 0. The largest absolute Gasteiger partial charge is 0.383 e. The fourth-order valence-corrected chi connectivity index (χ4v) is 0.736. The molecule has 0 bridgehead atoms. The standard InChI is InChI=1S/C6H16N2O/c1-8(2)4-6(7)5-9-3/h6H,4-5,7H2,1-3H3/t6-/m1/s1. The summed E-state index contributed by atoms with van der Waals surface area (Å²) in [5.74, 6) is 0. The van der Waals surface area contributed by atoms with E-state index in [2.05, 4.69) is 0 Å². The van der Waals surface area contributed by atoms with Crippen molar-refractivity contribution in [3.05, 3.63) is 0 Å². The molecule has 0 aromatic heterocycles. The van der Waals surface area contributed by atoms with Crippen molar-refractivity contribution in [1.82, 2.24) is 4.90 Å². The summed E-state index contributed by atoms with van der Waals surface area (Å²) < 4.78 is 4.85. The summed E-state index contributed by atoms with van der Waals surface area (Å²) in [5, 5.41) is 0. The van der Waals surface area contributed by atoms with E-state index in [1.807, 2.05) is 19.0 Å². The van der Waals surface area contributed by atoms with Crippen molar-refractivity contribution < 1.29 is 4.74 Å². The predicted molar refractivity (Wildman–Crippen MR) is 38.4 cm³/mol. The van der Waals surface area contributed by atoms with E-state index in [0.29, 0.717) is 6.61 Å². The monoisotopic (exact) mass is 132 g/mol. The summed E-state index contributed by atoms with van der Waals surface area (Å²) in [5.41, 5.74) is 5.62. The smallest absolute Gasteiger partial charge is 0.0626 e. The number of nitrogens with zero attached hydrogens (tertiary/aromatic N) is 1. The maximum absolute atomic E-state index is 5.62. The number of hydrogen-bond acceptors (Lipinski definition) is 3. The molecule has 0 amide bonds. The van der Waals surface area contributed by atoms with Crippen LogP contribution in [0.2, 0.25) is 0 Å². The van der Waals surface area contributed by atoms with E-state index in [4.69, 9.17) is 10.5 Å². The normalized spacial score (nSPS) is 14.3. The summed E-state index contributed by atoms with van der Waals surface area (Å²) in [6.07, 6.45) is 0. The van der Waals surface area contributed by atoms with E-state index in [1.165, 1.54) is 0 Å². The molecular weight excluding hydrogens is 116 g/mol. The molecule has 0 aromatic carbocycles. The molecule has 0 fully saturated rings. The molecule has 0 heterocycles. The van der Waals surface area contributed by atoms with Gasteiger partial charge in [0.2, 0.25) is 0 Å². The van der Waals surface area contributed by atoms with E-state index in [-0.39, 0.29) is 6.04 Å². The van der Waals surface area contributed by atoms with Crippen molar-refractivity contribution in [2.45, 2.75) is 6.04 Å². The van der Waals surface area contributed by atoms with E-state index < -0.39 is 0 Å². The van der Waals surface area contributed by atoms with Crippen molar-refractivity contribution in [1.29, 1.82) is 0 Å². The number of ether oxygens (including phenoxy) is 1. The minimum absolute atomic E-state index is 0.144. The van der Waals surface area contributed by atoms with Crippen LogP contribution in [0.5, 0.6) is 0 Å². The maximum atomic E-state index is 5.62. The number of nitrogens with two attached hydrogens (primary N) is 1. The molecule has 0 aliphatic carbocycles. The summed E-state index contributed by atoms with van der Waals surface area (Å²) in [4.78, 5) is 2.05. The Morgan fingerprint density at radius 1 is 1.56 bits per heavy atom. The second-order valence-corrected chi connectivity index (χ2v) is 2.48. The van der Waals surface area contributed by atoms with Gasteiger partial charge in [0, 0.05) is 19.7 Å². The van der Waals surface area contributed by atoms with Crippen LogP contribution in [0.25, 0.3) is 0 Å². The highest BCUT2D eigenvalue weighted by atomic mass is 16.5. The van der Waals surface area contributed by atoms with Crippen LogP contribution in [0.3, 0.4) is 0 Å². The number of methoxy groups -OCH3 is 1. The molecule has 0 aliphatic heterocycles. The molecule has 0 aliphatic rings. The first-order chi connectivity index (χ1) is 4.16. The van der Waals surface area contributed by atoms with Crippen LogP contribution in [-0.4, -0.2) is 45.3 Å². The SMILES string of the molecule is COC[C@H](N)CN(C)C. The lowest BCUT2D eigenvalue weighted by Gasteiger charge is -2.15. The third kappa shape index (κ3) is 5.76. The van der Waals surface area contributed by atoms with E-state index >= 15 is 0 Å². The maximum Gasteiger partial charge on any atom is 0.0626 e. The van der Waals surface area contributed by atoms with Crippen molar-refractivity contribution in [3.63, 3.8) is 0 Å². The van der Waals surface area contributed by atoms with Crippen molar-refractivity contribution in [3.8, 4) is 0 Å². The molecular formula is C6H16N2O. The van der Waals surface area contributed by atoms with Crippen LogP contribution in [0.1, 0.15) is 0 Å². The Morgan fingerprint density at radius 3 is 2.44 bits per heavy atom. The zero-order chi connectivity index (χ0) is 7.28. The second kappa shape index (κ2) is 4.73. The van der Waals surface area contributed by atoms with Crippen molar-refractivity contribution in [2.75, 3.05) is 34.4 Å². The van der Waals surface area contributed by atoms with Gasteiger partial charge in [-0.1, -0.05) is 0 Å². The zero-order valence-electron chi connectivity index (χ0n) is 6.42. The third-order valence-electron chi connectivity index (χ3n) is 0.980. The van der Waals surface area contributed by atoms with Crippen LogP contribution in [-0.2, 0) is 4.74 Å². The van der Waals surface area contributed by atoms with Crippen LogP contribution in [0.15, 0.2) is 0 Å². The first kappa shape index (κ1) is 8.88. The highest BCUT2D eigenvalue weighted by Crippen LogP contribution is 1.81. The quantitative estimate of drug-likeness (QED) is 0.561. The van der Waals surface area contributed by atoms with Crippen molar-refractivity contribution in [2.24, 2.45) is 5.73 Å². The lowest BCUT2D eigenvalue weighted by molar-refractivity contribution is 0.167. The minimum atomic E-state index is 0.144. The lowest BCUT2D eigenvalue weighted by atomic mass is 10.3. The molecule has 3 heteroatoms. The van der Waals surface area contributed by atoms with Crippen LogP contribution < -0.4 is 5.73 Å². The van der Waals surface area contributed by atoms with Gasteiger partial charge in [-0.2, -0.15) is 0 Å². The van der Waals surface area contributed by atoms with E-state index in [1.54, 1.807) is 7.11 Å². The second-order valence-electron chi connectivity index (χ2n) is 2.48. The van der Waals surface area contributed by atoms with Crippen LogP contribution >= 0.6 is 0 Å². The molecule has 3 nitrogen and oxygen atoms in total. The summed E-state index contributed by atoms with van der Waals surface area (Å²) in [6, 6.07) is 0.144. The average molecular weight is 132 g/mol. The van der Waals surface area contributed by atoms with Gasteiger partial charge in [0.15, 0.2) is 0 Å². The Morgan fingerprint density at radius 2 is 2.11 bits per heavy atom. The zero-order valence-corrected chi connectivity index (χ0v) is 6.42. The number of rotatable bonds is 4. The first-order valence-electron chi connectivity index (χ1n) is 3.06. The number of hydrogen-bond donors (Lipinski definition) is 1. The molecule has 1 atom stereocenters. The Bertz CT molecular complexity index is 66.1. The van der Waals surface area contributed by atoms with Gasteiger partial charge in [0.25, 0.3) is 0 Å². The predicted octanol–water partition coefficient (Wildman–Crippen LogP) is -0.478. The lowest BCUT2D eigenvalue weighted by Crippen LogP contribution is -2.36. The van der Waals surface area contributed by atoms with E-state index in [9.17, 15) is 0 Å². The van der Waals surface area contributed by atoms with Gasteiger partial charge in [0.1, 0.15) is 0 Å². The summed E-state index contributed by atoms with van der Waals surface area (Å²) in [6.45, 7) is 1.52. The topological polar surface area (TPSA) is 38.5 Å². The highest BCUT2D eigenvalue weighted by Gasteiger charge is 2.00. The Hall–Kier alpha value is -0.120. The summed E-state index contributed by atoms with van der Waals surface area (Å²) in [7, 11) is 5.65. The van der Waals surface area contributed by atoms with Gasteiger partial charge in [-0.15, -0.1) is 0 Å². The molecule has 0 radical (unpaired) electrons. The minimum Gasteiger partial charge on any atom is -0.383 e. The fourth-order valence-electron chi connectivity index (χ4n) is 0.736. The molecule has 9 heavy (non-hydrogen) atoms. The molecule has 0 unspecified atom stereocenters. The number of likely N-dealkylation sites (N-methyl/N-ethyl adjacent to an activating group) is 1. The van der Waals surface area contributed by atoms with Crippen LogP contribution in [0, 0.1) is 0 Å². The Kier molecular flexibility index (Phi) is 4.67. The Balaban J connectivity index is 3.15. The van der Waals surface area contributed by atoms with Gasteiger partial charge < -0.3 is 15.4 Å².